The predicted molar refractivity (Wildman–Crippen MR) is 81.2 cm³/mol. The zero-order valence-electron chi connectivity index (χ0n) is 12.0. The first kappa shape index (κ1) is 16.4. The van der Waals surface area contributed by atoms with E-state index in [1.807, 2.05) is 6.92 Å². The van der Waals surface area contributed by atoms with E-state index in [1.165, 1.54) is 0 Å². The van der Waals surface area contributed by atoms with Crippen LogP contribution >= 0.6 is 15.9 Å². The highest BCUT2D eigenvalue weighted by Crippen LogP contribution is 2.24. The summed E-state index contributed by atoms with van der Waals surface area (Å²) in [7, 11) is 0. The molecule has 108 valence electrons. The minimum atomic E-state index is 0.161. The van der Waals surface area contributed by atoms with Crippen LogP contribution in [0.25, 0.3) is 0 Å². The van der Waals surface area contributed by atoms with Crippen molar-refractivity contribution in [3.05, 3.63) is 16.4 Å². The van der Waals surface area contributed by atoms with Gasteiger partial charge in [0, 0.05) is 13.0 Å². The quantitative estimate of drug-likeness (QED) is 0.744. The molecule has 0 aliphatic carbocycles. The summed E-state index contributed by atoms with van der Waals surface area (Å²) < 4.78 is 2.54. The minimum Gasteiger partial charge on any atom is -0.330 e. The summed E-state index contributed by atoms with van der Waals surface area (Å²) in [6.07, 6.45) is 4.14. The first-order valence-electron chi connectivity index (χ1n) is 6.95. The number of ketones is 1. The largest absolute Gasteiger partial charge is 0.330 e. The van der Waals surface area contributed by atoms with Gasteiger partial charge in [-0.2, -0.15) is 5.10 Å². The highest BCUT2D eigenvalue weighted by Gasteiger charge is 2.19. The Labute approximate surface area is 123 Å². The van der Waals surface area contributed by atoms with E-state index in [9.17, 15) is 4.79 Å². The molecule has 19 heavy (non-hydrogen) atoms. The summed E-state index contributed by atoms with van der Waals surface area (Å²) in [5.41, 5.74) is 6.32. The molecule has 0 saturated heterocycles. The van der Waals surface area contributed by atoms with E-state index >= 15 is 0 Å². The van der Waals surface area contributed by atoms with Crippen molar-refractivity contribution in [1.82, 2.24) is 9.78 Å². The van der Waals surface area contributed by atoms with Crippen LogP contribution in [0.4, 0.5) is 0 Å². The lowest BCUT2D eigenvalue weighted by molar-refractivity contribution is 0.0958. The molecule has 1 aromatic heterocycles. The second-order valence-electron chi connectivity index (χ2n) is 5.20. The molecule has 0 aliphatic heterocycles. The number of nitrogens with two attached hydrogens (primary N) is 1. The van der Waals surface area contributed by atoms with E-state index in [1.54, 1.807) is 10.9 Å². The summed E-state index contributed by atoms with van der Waals surface area (Å²) in [6, 6.07) is 0. The second kappa shape index (κ2) is 7.80. The Morgan fingerprint density at radius 2 is 2.16 bits per heavy atom. The van der Waals surface area contributed by atoms with E-state index in [2.05, 4.69) is 34.9 Å². The lowest BCUT2D eigenvalue weighted by atomic mass is 9.87. The average molecular weight is 330 g/mol. The van der Waals surface area contributed by atoms with Crippen molar-refractivity contribution < 1.29 is 4.79 Å². The van der Waals surface area contributed by atoms with Crippen LogP contribution in [-0.4, -0.2) is 22.1 Å². The molecule has 4 nitrogen and oxygen atoms in total. The van der Waals surface area contributed by atoms with Crippen molar-refractivity contribution in [2.24, 2.45) is 17.6 Å². The number of carbonyl (C=O) groups excluding carboxylic acids is 1. The second-order valence-corrected chi connectivity index (χ2v) is 6.05. The lowest BCUT2D eigenvalue weighted by Crippen LogP contribution is -2.17. The van der Waals surface area contributed by atoms with Gasteiger partial charge in [-0.3, -0.25) is 9.48 Å². The molecular weight excluding hydrogens is 306 g/mol. The number of aromatic nitrogens is 2. The van der Waals surface area contributed by atoms with Crippen LogP contribution < -0.4 is 5.73 Å². The first-order valence-corrected chi connectivity index (χ1v) is 7.75. The van der Waals surface area contributed by atoms with Gasteiger partial charge in [-0.1, -0.05) is 13.8 Å². The van der Waals surface area contributed by atoms with Gasteiger partial charge in [0.1, 0.15) is 5.69 Å². The summed E-state index contributed by atoms with van der Waals surface area (Å²) in [6.45, 7) is 7.77. The molecule has 1 atom stereocenters. The van der Waals surface area contributed by atoms with Crippen LogP contribution in [0.1, 0.15) is 50.5 Å². The smallest absolute Gasteiger partial charge is 0.182 e. The topological polar surface area (TPSA) is 60.9 Å². The molecule has 0 radical (unpaired) electrons. The van der Waals surface area contributed by atoms with E-state index in [0.29, 0.717) is 37.0 Å². The van der Waals surface area contributed by atoms with Crippen molar-refractivity contribution in [2.75, 3.05) is 6.54 Å². The maximum Gasteiger partial charge on any atom is 0.182 e. The molecule has 5 heteroatoms. The maximum atomic E-state index is 12.3. The fourth-order valence-electron chi connectivity index (χ4n) is 2.34. The Kier molecular flexibility index (Phi) is 6.72. The Morgan fingerprint density at radius 3 is 2.68 bits per heavy atom. The van der Waals surface area contributed by atoms with Gasteiger partial charge in [-0.25, -0.2) is 0 Å². The lowest BCUT2D eigenvalue weighted by Gasteiger charge is -2.19. The molecule has 1 aromatic rings. The molecule has 1 heterocycles. The molecule has 0 bridgehead atoms. The zero-order chi connectivity index (χ0) is 14.4. The summed E-state index contributed by atoms with van der Waals surface area (Å²) >= 11 is 3.40. The van der Waals surface area contributed by atoms with Crippen LogP contribution in [0, 0.1) is 11.8 Å². The van der Waals surface area contributed by atoms with Crippen molar-refractivity contribution in [1.29, 1.82) is 0 Å². The van der Waals surface area contributed by atoms with E-state index in [0.717, 1.165) is 17.3 Å². The van der Waals surface area contributed by atoms with E-state index in [-0.39, 0.29) is 5.78 Å². The van der Waals surface area contributed by atoms with E-state index < -0.39 is 0 Å². The Morgan fingerprint density at radius 1 is 1.47 bits per heavy atom. The number of nitrogens with zero attached hydrogens (tertiary/aromatic N) is 2. The Hall–Kier alpha value is -0.680. The number of carbonyl (C=O) groups is 1. The molecule has 1 rings (SSSR count). The van der Waals surface area contributed by atoms with Crippen molar-refractivity contribution >= 4 is 21.7 Å². The molecule has 2 N–H and O–H groups in total. The summed E-state index contributed by atoms with van der Waals surface area (Å²) in [5, 5.41) is 4.18. The van der Waals surface area contributed by atoms with Gasteiger partial charge in [0.25, 0.3) is 0 Å². The van der Waals surface area contributed by atoms with Gasteiger partial charge in [-0.15, -0.1) is 0 Å². The average Bonchev–Trinajstić information content (AvgIpc) is 2.74. The van der Waals surface area contributed by atoms with Crippen molar-refractivity contribution in [3.8, 4) is 0 Å². The fourth-order valence-corrected chi connectivity index (χ4v) is 2.86. The van der Waals surface area contributed by atoms with Crippen LogP contribution in [0.15, 0.2) is 10.7 Å². The molecule has 0 spiro atoms. The van der Waals surface area contributed by atoms with Gasteiger partial charge in [0.2, 0.25) is 0 Å². The first-order chi connectivity index (χ1) is 9.01. The van der Waals surface area contributed by atoms with Crippen LogP contribution in [0.2, 0.25) is 0 Å². The highest BCUT2D eigenvalue weighted by atomic mass is 79.9. The monoisotopic (exact) mass is 329 g/mol. The highest BCUT2D eigenvalue weighted by molar-refractivity contribution is 9.10. The van der Waals surface area contributed by atoms with Crippen LogP contribution in [0.5, 0.6) is 0 Å². The Balaban J connectivity index is 2.66. The molecule has 0 saturated carbocycles. The molecular formula is C14H24BrN3O. The SMILES string of the molecule is CCn1ncc(Br)c1C(=O)CCC(CCN)C(C)C. The minimum absolute atomic E-state index is 0.161. The number of halogens is 1. The van der Waals surface area contributed by atoms with Gasteiger partial charge < -0.3 is 5.73 Å². The fraction of sp³-hybridized carbons (Fsp3) is 0.714. The zero-order valence-corrected chi connectivity index (χ0v) is 13.6. The number of hydrogen-bond acceptors (Lipinski definition) is 3. The van der Waals surface area contributed by atoms with Gasteiger partial charge >= 0.3 is 0 Å². The van der Waals surface area contributed by atoms with E-state index in [4.69, 9.17) is 5.73 Å². The normalized spacial score (nSPS) is 12.9. The van der Waals surface area contributed by atoms with Gasteiger partial charge in [0.05, 0.1) is 10.7 Å². The predicted octanol–water partition coefficient (Wildman–Crippen LogP) is 3.25. The summed E-state index contributed by atoms with van der Waals surface area (Å²) in [5.74, 6) is 1.25. The van der Waals surface area contributed by atoms with Crippen molar-refractivity contribution in [2.45, 2.75) is 46.6 Å². The number of aryl methyl sites for hydroxylation is 1. The van der Waals surface area contributed by atoms with Gasteiger partial charge in [0.15, 0.2) is 5.78 Å². The molecule has 1 unspecified atom stereocenters. The third-order valence-electron chi connectivity index (χ3n) is 3.58. The number of rotatable bonds is 8. The third-order valence-corrected chi connectivity index (χ3v) is 4.16. The molecule has 0 fully saturated rings. The van der Waals surface area contributed by atoms with Crippen LogP contribution in [-0.2, 0) is 6.54 Å². The standard InChI is InChI=1S/C14H24BrN3O/c1-4-18-14(12(15)9-17-18)13(19)6-5-11(7-8-16)10(2)3/h9-11H,4-8,16H2,1-3H3. The number of Topliss-reactive ketones (excluding diaryl/α,β-unsaturated/α-hetero) is 1. The summed E-state index contributed by atoms with van der Waals surface area (Å²) in [4.78, 5) is 12.3. The maximum absolute atomic E-state index is 12.3. The van der Waals surface area contributed by atoms with Crippen LogP contribution in [0.3, 0.4) is 0 Å². The molecule has 0 aliphatic rings. The number of hydrogen-bond donors (Lipinski definition) is 1. The molecule has 0 amide bonds. The Bertz CT molecular complexity index is 415. The van der Waals surface area contributed by atoms with Crippen molar-refractivity contribution in [3.63, 3.8) is 0 Å². The van der Waals surface area contributed by atoms with Gasteiger partial charge in [-0.05, 0) is 54.1 Å². The molecule has 0 aromatic carbocycles. The third kappa shape index (κ3) is 4.42.